The maximum Gasteiger partial charge on any atom is 0.263 e. The van der Waals surface area contributed by atoms with Gasteiger partial charge in [0.1, 0.15) is 0 Å². The molecule has 82 valence electrons. The van der Waals surface area contributed by atoms with Crippen LogP contribution in [-0.2, 0) is 0 Å². The Labute approximate surface area is 95.2 Å². The molecule has 1 saturated carbocycles. The number of rotatable bonds is 2. The topological polar surface area (TPSA) is 20.2 Å². The van der Waals surface area contributed by atoms with Crippen LogP contribution in [0.1, 0.15) is 18.4 Å². The molecule has 0 radical (unpaired) electrons. The van der Waals surface area contributed by atoms with Gasteiger partial charge in [0.2, 0.25) is 0 Å². The van der Waals surface area contributed by atoms with Crippen LogP contribution in [0.5, 0.6) is 0 Å². The number of aliphatic hydroxyl groups excluding tert-OH is 1. The van der Waals surface area contributed by atoms with E-state index in [0.29, 0.717) is 5.56 Å². The quantitative estimate of drug-likeness (QED) is 0.880. The summed E-state index contributed by atoms with van der Waals surface area (Å²) in [6.45, 7) is 0.931. The monoisotopic (exact) mass is 276 g/mol. The molecule has 1 aliphatic carbocycles. The summed E-state index contributed by atoms with van der Waals surface area (Å²) < 4.78 is 27.8. The highest BCUT2D eigenvalue weighted by Crippen LogP contribution is 2.70. The average Bonchev–Trinajstić information content (AvgIpc) is 2.64. The minimum Gasteiger partial charge on any atom is -0.396 e. The van der Waals surface area contributed by atoms with Crippen LogP contribution in [0.3, 0.4) is 0 Å². The van der Waals surface area contributed by atoms with E-state index < -0.39 is 23.9 Å². The van der Waals surface area contributed by atoms with Gasteiger partial charge in [0.25, 0.3) is 5.92 Å². The van der Waals surface area contributed by atoms with Gasteiger partial charge in [0.05, 0.1) is 17.9 Å². The molecule has 1 aliphatic rings. The summed E-state index contributed by atoms with van der Waals surface area (Å²) in [5.74, 6) is -3.65. The van der Waals surface area contributed by atoms with Gasteiger partial charge in [0.15, 0.2) is 0 Å². The molecule has 15 heavy (non-hydrogen) atoms. The van der Waals surface area contributed by atoms with Crippen LogP contribution >= 0.6 is 15.9 Å². The van der Waals surface area contributed by atoms with Gasteiger partial charge >= 0.3 is 0 Å². The second-order valence-corrected chi connectivity index (χ2v) is 5.10. The third-order valence-electron chi connectivity index (χ3n) is 3.21. The smallest absolute Gasteiger partial charge is 0.263 e. The fourth-order valence-corrected chi connectivity index (χ4v) is 2.28. The summed E-state index contributed by atoms with van der Waals surface area (Å²) in [7, 11) is 0. The van der Waals surface area contributed by atoms with Gasteiger partial charge in [0, 0.05) is 4.47 Å². The Hall–Kier alpha value is -0.480. The van der Waals surface area contributed by atoms with Crippen LogP contribution in [0.15, 0.2) is 28.7 Å². The first-order chi connectivity index (χ1) is 6.93. The number of benzene rings is 1. The largest absolute Gasteiger partial charge is 0.396 e. The molecule has 0 saturated heterocycles. The van der Waals surface area contributed by atoms with Crippen molar-refractivity contribution in [1.82, 2.24) is 0 Å². The number of hydrogen-bond donors (Lipinski definition) is 1. The molecular formula is C11H11BrF2O. The summed E-state index contributed by atoms with van der Waals surface area (Å²) in [4.78, 5) is 0. The van der Waals surface area contributed by atoms with Gasteiger partial charge in [-0.3, -0.25) is 0 Å². The third kappa shape index (κ3) is 1.42. The molecule has 0 aromatic heterocycles. The van der Waals surface area contributed by atoms with Gasteiger partial charge in [-0.15, -0.1) is 0 Å². The van der Waals surface area contributed by atoms with E-state index in [0.717, 1.165) is 4.47 Å². The standard InChI is InChI=1S/C11H11BrF2O/c1-10(6-15)9(11(10,13)14)7-2-4-8(12)5-3-7/h2-5,9,15H,6H2,1H3. The van der Waals surface area contributed by atoms with Crippen molar-refractivity contribution < 1.29 is 13.9 Å². The lowest BCUT2D eigenvalue weighted by molar-refractivity contribution is 0.0436. The van der Waals surface area contributed by atoms with Crippen molar-refractivity contribution in [2.24, 2.45) is 5.41 Å². The number of halogens is 3. The highest BCUT2D eigenvalue weighted by Gasteiger charge is 2.77. The van der Waals surface area contributed by atoms with Gasteiger partial charge in [-0.2, -0.15) is 0 Å². The minimum atomic E-state index is -2.80. The van der Waals surface area contributed by atoms with Gasteiger partial charge in [-0.25, -0.2) is 8.78 Å². The van der Waals surface area contributed by atoms with Crippen molar-refractivity contribution >= 4 is 15.9 Å². The van der Waals surface area contributed by atoms with Crippen molar-refractivity contribution in [3.05, 3.63) is 34.3 Å². The summed E-state index contributed by atoms with van der Waals surface area (Å²) in [5.41, 5.74) is -0.708. The SMILES string of the molecule is CC1(CO)C(c2ccc(Br)cc2)C1(F)F. The molecule has 0 amide bonds. The van der Waals surface area contributed by atoms with Crippen molar-refractivity contribution in [3.63, 3.8) is 0 Å². The zero-order chi connectivity index (χ0) is 11.3. The molecule has 2 atom stereocenters. The first-order valence-corrected chi connectivity index (χ1v) is 5.47. The van der Waals surface area contributed by atoms with Crippen molar-refractivity contribution in [1.29, 1.82) is 0 Å². The summed E-state index contributed by atoms with van der Waals surface area (Å²) >= 11 is 3.25. The van der Waals surface area contributed by atoms with E-state index in [9.17, 15) is 8.78 Å². The Balaban J connectivity index is 2.31. The summed E-state index contributed by atoms with van der Waals surface area (Å²) in [6, 6.07) is 6.82. The lowest BCUT2D eigenvalue weighted by Crippen LogP contribution is -2.10. The summed E-state index contributed by atoms with van der Waals surface area (Å²) in [5, 5.41) is 9.00. The molecule has 1 fully saturated rings. The Morgan fingerprint density at radius 3 is 2.27 bits per heavy atom. The highest BCUT2D eigenvalue weighted by molar-refractivity contribution is 9.10. The van der Waals surface area contributed by atoms with Crippen molar-refractivity contribution in [3.8, 4) is 0 Å². The summed E-state index contributed by atoms with van der Waals surface area (Å²) in [6.07, 6.45) is 0. The second kappa shape index (κ2) is 3.25. The number of alkyl halides is 2. The van der Waals surface area contributed by atoms with E-state index >= 15 is 0 Å². The van der Waals surface area contributed by atoms with E-state index in [-0.39, 0.29) is 0 Å². The van der Waals surface area contributed by atoms with Crippen molar-refractivity contribution in [2.75, 3.05) is 6.61 Å². The first kappa shape index (κ1) is 11.0. The van der Waals surface area contributed by atoms with Crippen LogP contribution in [0.25, 0.3) is 0 Å². The molecule has 1 N–H and O–H groups in total. The first-order valence-electron chi connectivity index (χ1n) is 4.67. The maximum absolute atomic E-state index is 13.5. The fraction of sp³-hybridized carbons (Fsp3) is 0.455. The normalized spacial score (nSPS) is 32.7. The number of hydrogen-bond acceptors (Lipinski definition) is 1. The minimum absolute atomic E-state index is 0.485. The molecule has 1 nitrogen and oxygen atoms in total. The molecule has 4 heteroatoms. The molecule has 0 aliphatic heterocycles. The predicted molar refractivity (Wildman–Crippen MR) is 57.0 cm³/mol. The molecule has 2 unspecified atom stereocenters. The predicted octanol–water partition coefficient (Wildman–Crippen LogP) is 3.18. The Morgan fingerprint density at radius 2 is 1.87 bits per heavy atom. The molecule has 2 rings (SSSR count). The molecule has 0 spiro atoms. The lowest BCUT2D eigenvalue weighted by Gasteiger charge is -2.03. The van der Waals surface area contributed by atoms with Crippen LogP contribution in [-0.4, -0.2) is 17.6 Å². The Bertz CT molecular complexity index is 377. The van der Waals surface area contributed by atoms with E-state index in [4.69, 9.17) is 5.11 Å². The van der Waals surface area contributed by atoms with Crippen molar-refractivity contribution in [2.45, 2.75) is 18.8 Å². The third-order valence-corrected chi connectivity index (χ3v) is 3.74. The van der Waals surface area contributed by atoms with Gasteiger partial charge < -0.3 is 5.11 Å². The van der Waals surface area contributed by atoms with Crippen LogP contribution in [0.4, 0.5) is 8.78 Å². The van der Waals surface area contributed by atoms with Crippen LogP contribution in [0, 0.1) is 5.41 Å². The average molecular weight is 277 g/mol. The second-order valence-electron chi connectivity index (χ2n) is 4.18. The van der Waals surface area contributed by atoms with E-state index in [1.165, 1.54) is 6.92 Å². The van der Waals surface area contributed by atoms with E-state index in [1.54, 1.807) is 24.3 Å². The Kier molecular flexibility index (Phi) is 2.39. The molecule has 0 bridgehead atoms. The zero-order valence-electron chi connectivity index (χ0n) is 8.17. The molecule has 1 aromatic rings. The Morgan fingerprint density at radius 1 is 1.33 bits per heavy atom. The zero-order valence-corrected chi connectivity index (χ0v) is 9.76. The van der Waals surface area contributed by atoms with Gasteiger partial charge in [-0.05, 0) is 17.7 Å². The molecule has 0 heterocycles. The van der Waals surface area contributed by atoms with E-state index in [1.807, 2.05) is 0 Å². The van der Waals surface area contributed by atoms with E-state index in [2.05, 4.69) is 15.9 Å². The fourth-order valence-electron chi connectivity index (χ4n) is 2.01. The maximum atomic E-state index is 13.5. The van der Waals surface area contributed by atoms with Crippen LogP contribution < -0.4 is 0 Å². The van der Waals surface area contributed by atoms with Gasteiger partial charge in [-0.1, -0.05) is 35.0 Å². The molecular weight excluding hydrogens is 266 g/mol. The number of aliphatic hydroxyl groups is 1. The molecule has 1 aromatic carbocycles. The highest BCUT2D eigenvalue weighted by atomic mass is 79.9. The lowest BCUT2D eigenvalue weighted by atomic mass is 10.0. The van der Waals surface area contributed by atoms with Crippen LogP contribution in [0.2, 0.25) is 0 Å².